The molecule has 6 nitrogen and oxygen atoms in total. The van der Waals surface area contributed by atoms with Crippen LogP contribution in [-0.4, -0.2) is 35.8 Å². The third-order valence-electron chi connectivity index (χ3n) is 3.33. The normalized spacial score (nSPS) is 10.9. The second-order valence-electron chi connectivity index (χ2n) is 7.00. The molecule has 8 heteroatoms. The Labute approximate surface area is 172 Å². The molecule has 2 aromatic carbocycles. The average Bonchev–Trinajstić information content (AvgIpc) is 2.65. The van der Waals surface area contributed by atoms with Gasteiger partial charge in [0, 0.05) is 10.6 Å². The van der Waals surface area contributed by atoms with Crippen LogP contribution in [0.5, 0.6) is 0 Å². The SMILES string of the molecule is CC(C)(C)OC(=O)COC(=O)c1ccccc1SCC(=O)Nc1ccc(F)cc1. The van der Waals surface area contributed by atoms with Gasteiger partial charge in [0.25, 0.3) is 0 Å². The van der Waals surface area contributed by atoms with E-state index in [-0.39, 0.29) is 17.2 Å². The molecule has 0 fully saturated rings. The molecule has 0 aromatic heterocycles. The number of carbonyl (C=O) groups is 3. The lowest BCUT2D eigenvalue weighted by atomic mass is 10.2. The number of hydrogen-bond acceptors (Lipinski definition) is 6. The Morgan fingerprint density at radius 2 is 1.69 bits per heavy atom. The highest BCUT2D eigenvalue weighted by atomic mass is 32.2. The van der Waals surface area contributed by atoms with E-state index in [1.54, 1.807) is 45.0 Å². The zero-order valence-corrected chi connectivity index (χ0v) is 17.2. The molecule has 2 rings (SSSR count). The van der Waals surface area contributed by atoms with E-state index in [2.05, 4.69) is 5.32 Å². The lowest BCUT2D eigenvalue weighted by Crippen LogP contribution is -2.27. The first-order chi connectivity index (χ1) is 13.6. The molecule has 0 saturated heterocycles. The van der Waals surface area contributed by atoms with Gasteiger partial charge in [-0.05, 0) is 57.2 Å². The van der Waals surface area contributed by atoms with E-state index in [1.165, 1.54) is 24.3 Å². The van der Waals surface area contributed by atoms with Crippen molar-refractivity contribution < 1.29 is 28.2 Å². The monoisotopic (exact) mass is 419 g/mol. The van der Waals surface area contributed by atoms with Gasteiger partial charge in [-0.1, -0.05) is 12.1 Å². The van der Waals surface area contributed by atoms with Gasteiger partial charge in [-0.2, -0.15) is 0 Å². The van der Waals surface area contributed by atoms with Crippen LogP contribution in [0, 0.1) is 5.82 Å². The van der Waals surface area contributed by atoms with Gasteiger partial charge in [0.05, 0.1) is 11.3 Å². The van der Waals surface area contributed by atoms with Crippen molar-refractivity contribution in [3.05, 3.63) is 59.9 Å². The van der Waals surface area contributed by atoms with E-state index in [0.717, 1.165) is 11.8 Å². The van der Waals surface area contributed by atoms with E-state index >= 15 is 0 Å². The highest BCUT2D eigenvalue weighted by Crippen LogP contribution is 2.24. The Kier molecular flexibility index (Phi) is 7.78. The zero-order valence-electron chi connectivity index (χ0n) is 16.4. The molecule has 0 atom stereocenters. The van der Waals surface area contributed by atoms with Crippen LogP contribution in [0.1, 0.15) is 31.1 Å². The maximum Gasteiger partial charge on any atom is 0.344 e. The number of hydrogen-bond donors (Lipinski definition) is 1. The van der Waals surface area contributed by atoms with Gasteiger partial charge in [0.1, 0.15) is 11.4 Å². The highest BCUT2D eigenvalue weighted by molar-refractivity contribution is 8.00. The van der Waals surface area contributed by atoms with Gasteiger partial charge >= 0.3 is 11.9 Å². The molecule has 0 aliphatic heterocycles. The summed E-state index contributed by atoms with van der Waals surface area (Å²) in [6, 6.07) is 12.0. The van der Waals surface area contributed by atoms with Gasteiger partial charge in [-0.3, -0.25) is 4.79 Å². The first-order valence-electron chi connectivity index (χ1n) is 8.80. The number of anilines is 1. The zero-order chi connectivity index (χ0) is 21.4. The molecule has 29 heavy (non-hydrogen) atoms. The van der Waals surface area contributed by atoms with E-state index in [4.69, 9.17) is 9.47 Å². The summed E-state index contributed by atoms with van der Waals surface area (Å²) < 4.78 is 23.0. The third-order valence-corrected chi connectivity index (χ3v) is 4.41. The Morgan fingerprint density at radius 1 is 1.03 bits per heavy atom. The molecular formula is C21H22FNO5S. The van der Waals surface area contributed by atoms with Gasteiger partial charge in [0.2, 0.25) is 5.91 Å². The molecule has 0 saturated carbocycles. The number of amides is 1. The topological polar surface area (TPSA) is 81.7 Å². The number of esters is 2. The molecule has 0 bridgehead atoms. The number of halogens is 1. The first kappa shape index (κ1) is 22.4. The Hall–Kier alpha value is -2.87. The summed E-state index contributed by atoms with van der Waals surface area (Å²) in [4.78, 5) is 36.7. The molecule has 0 unspecified atom stereocenters. The summed E-state index contributed by atoms with van der Waals surface area (Å²) in [6.07, 6.45) is 0. The largest absolute Gasteiger partial charge is 0.457 e. The summed E-state index contributed by atoms with van der Waals surface area (Å²) in [7, 11) is 0. The van der Waals surface area contributed by atoms with E-state index < -0.39 is 30.0 Å². The van der Waals surface area contributed by atoms with Crippen molar-refractivity contribution in [2.75, 3.05) is 17.7 Å². The quantitative estimate of drug-likeness (QED) is 0.539. The second-order valence-corrected chi connectivity index (χ2v) is 8.02. The minimum Gasteiger partial charge on any atom is -0.457 e. The molecular weight excluding hydrogens is 397 g/mol. The minimum absolute atomic E-state index is 0.0355. The molecule has 0 spiro atoms. The van der Waals surface area contributed by atoms with Crippen molar-refractivity contribution in [2.24, 2.45) is 0 Å². The fourth-order valence-electron chi connectivity index (χ4n) is 2.21. The smallest absolute Gasteiger partial charge is 0.344 e. The van der Waals surface area contributed by atoms with E-state index in [0.29, 0.717) is 10.6 Å². The first-order valence-corrected chi connectivity index (χ1v) is 9.79. The van der Waals surface area contributed by atoms with Crippen LogP contribution in [0.4, 0.5) is 10.1 Å². The van der Waals surface area contributed by atoms with Crippen molar-refractivity contribution in [1.29, 1.82) is 0 Å². The summed E-state index contributed by atoms with van der Waals surface area (Å²) in [6.45, 7) is 4.65. The molecule has 1 amide bonds. The number of benzene rings is 2. The third kappa shape index (κ3) is 7.95. The van der Waals surface area contributed by atoms with Crippen LogP contribution in [0.25, 0.3) is 0 Å². The number of rotatable bonds is 7. The van der Waals surface area contributed by atoms with Crippen LogP contribution in [0.2, 0.25) is 0 Å². The van der Waals surface area contributed by atoms with Crippen molar-refractivity contribution in [3.8, 4) is 0 Å². The number of nitrogens with one attached hydrogen (secondary N) is 1. The van der Waals surface area contributed by atoms with Crippen molar-refractivity contribution in [3.63, 3.8) is 0 Å². The highest BCUT2D eigenvalue weighted by Gasteiger charge is 2.19. The number of thioether (sulfide) groups is 1. The van der Waals surface area contributed by atoms with Crippen LogP contribution >= 0.6 is 11.8 Å². The van der Waals surface area contributed by atoms with E-state index in [9.17, 15) is 18.8 Å². The predicted molar refractivity (Wildman–Crippen MR) is 108 cm³/mol. The molecule has 1 N–H and O–H groups in total. The fraction of sp³-hybridized carbons (Fsp3) is 0.286. The van der Waals surface area contributed by atoms with Gasteiger partial charge in [0.15, 0.2) is 6.61 Å². The maximum absolute atomic E-state index is 12.9. The Bertz CT molecular complexity index is 877. The Morgan fingerprint density at radius 3 is 2.34 bits per heavy atom. The lowest BCUT2D eigenvalue weighted by Gasteiger charge is -2.19. The molecule has 0 aliphatic carbocycles. The van der Waals surface area contributed by atoms with Gasteiger partial charge < -0.3 is 14.8 Å². The molecule has 2 aromatic rings. The molecule has 154 valence electrons. The number of carbonyl (C=O) groups excluding carboxylic acids is 3. The molecule has 0 radical (unpaired) electrons. The van der Waals surface area contributed by atoms with Gasteiger partial charge in [-0.25, -0.2) is 14.0 Å². The minimum atomic E-state index is -0.682. The van der Waals surface area contributed by atoms with Crippen LogP contribution in [0.3, 0.4) is 0 Å². The Balaban J connectivity index is 1.92. The average molecular weight is 419 g/mol. The number of ether oxygens (including phenoxy) is 2. The standard InChI is InChI=1S/C21H22FNO5S/c1-21(2,3)28-19(25)12-27-20(26)16-6-4-5-7-17(16)29-13-18(24)23-15-10-8-14(22)9-11-15/h4-11H,12-13H2,1-3H3,(H,23,24). The fourth-order valence-corrected chi connectivity index (χ4v) is 3.05. The predicted octanol–water partition coefficient (Wildman–Crippen LogP) is 4.06. The summed E-state index contributed by atoms with van der Waals surface area (Å²) in [5, 5.41) is 2.65. The van der Waals surface area contributed by atoms with E-state index in [1.807, 2.05) is 0 Å². The molecule has 0 aliphatic rings. The van der Waals surface area contributed by atoms with Crippen LogP contribution < -0.4 is 5.32 Å². The summed E-state index contributed by atoms with van der Waals surface area (Å²) >= 11 is 1.15. The molecule has 0 heterocycles. The van der Waals surface area contributed by atoms with Crippen LogP contribution in [0.15, 0.2) is 53.4 Å². The summed E-state index contributed by atoms with van der Waals surface area (Å²) in [5.74, 6) is -1.99. The summed E-state index contributed by atoms with van der Waals surface area (Å²) in [5.41, 5.74) is 0.0486. The lowest BCUT2D eigenvalue weighted by molar-refractivity contribution is -0.158. The van der Waals surface area contributed by atoms with Crippen LogP contribution in [-0.2, 0) is 19.1 Å². The second kappa shape index (κ2) is 10.1. The van der Waals surface area contributed by atoms with Gasteiger partial charge in [-0.15, -0.1) is 11.8 Å². The maximum atomic E-state index is 12.9. The van der Waals surface area contributed by atoms with Crippen molar-refractivity contribution >= 4 is 35.3 Å². The van der Waals surface area contributed by atoms with Crippen molar-refractivity contribution in [1.82, 2.24) is 0 Å². The van der Waals surface area contributed by atoms with Crippen molar-refractivity contribution in [2.45, 2.75) is 31.3 Å².